The van der Waals surface area contributed by atoms with Gasteiger partial charge in [0.2, 0.25) is 5.91 Å². The van der Waals surface area contributed by atoms with Gasteiger partial charge >= 0.3 is 0 Å². The second kappa shape index (κ2) is 5.87. The quantitative estimate of drug-likeness (QED) is 0.877. The number of fused-ring (bicyclic) bond motifs is 1. The Bertz CT molecular complexity index is 576. The van der Waals surface area contributed by atoms with Crippen molar-refractivity contribution in [2.75, 3.05) is 5.32 Å². The van der Waals surface area contributed by atoms with E-state index >= 15 is 0 Å². The van der Waals surface area contributed by atoms with Gasteiger partial charge in [0, 0.05) is 6.04 Å². The molecule has 1 aromatic rings. The fourth-order valence-electron chi connectivity index (χ4n) is 3.66. The highest BCUT2D eigenvalue weighted by Crippen LogP contribution is 2.33. The standard InChI is InChI=1S/C17H21N3O/c1-11-5-4-8-15(13(11)10-18)20-17(21)16-9-12-6-2-3-7-14(12)19-16/h4-5,8,12,14,16,19H,2-3,6-7,9H2,1H3,(H,20,21). The van der Waals surface area contributed by atoms with Crippen LogP contribution in [-0.2, 0) is 4.79 Å². The van der Waals surface area contributed by atoms with Crippen LogP contribution in [0, 0.1) is 24.2 Å². The molecule has 1 amide bonds. The van der Waals surface area contributed by atoms with Crippen molar-refractivity contribution in [2.45, 2.75) is 51.1 Å². The van der Waals surface area contributed by atoms with Crippen LogP contribution in [0.2, 0.25) is 0 Å². The number of carbonyl (C=O) groups excluding carboxylic acids is 1. The molecule has 1 aromatic carbocycles. The number of benzene rings is 1. The lowest BCUT2D eigenvalue weighted by molar-refractivity contribution is -0.117. The van der Waals surface area contributed by atoms with E-state index in [0.717, 1.165) is 12.0 Å². The highest BCUT2D eigenvalue weighted by molar-refractivity contribution is 5.96. The summed E-state index contributed by atoms with van der Waals surface area (Å²) in [5.74, 6) is 0.633. The number of anilines is 1. The third-order valence-corrected chi connectivity index (χ3v) is 4.82. The van der Waals surface area contributed by atoms with E-state index < -0.39 is 0 Å². The Morgan fingerprint density at radius 2 is 2.19 bits per heavy atom. The van der Waals surface area contributed by atoms with Crippen LogP contribution in [0.15, 0.2) is 18.2 Å². The fourth-order valence-corrected chi connectivity index (χ4v) is 3.66. The molecule has 1 aliphatic carbocycles. The molecule has 1 aliphatic heterocycles. The minimum atomic E-state index is -0.120. The predicted octanol–water partition coefficient (Wildman–Crippen LogP) is 2.73. The SMILES string of the molecule is Cc1cccc(NC(=O)C2CC3CCCCC3N2)c1C#N. The highest BCUT2D eigenvalue weighted by atomic mass is 16.2. The van der Waals surface area contributed by atoms with Crippen molar-refractivity contribution in [3.63, 3.8) is 0 Å². The number of carbonyl (C=O) groups is 1. The zero-order valence-electron chi connectivity index (χ0n) is 12.4. The summed E-state index contributed by atoms with van der Waals surface area (Å²) < 4.78 is 0. The lowest BCUT2D eigenvalue weighted by atomic mass is 9.85. The van der Waals surface area contributed by atoms with Crippen molar-refractivity contribution < 1.29 is 4.79 Å². The molecule has 2 N–H and O–H groups in total. The molecular formula is C17H21N3O. The Morgan fingerprint density at radius 1 is 1.38 bits per heavy atom. The molecule has 2 fully saturated rings. The van der Waals surface area contributed by atoms with Crippen molar-refractivity contribution in [3.8, 4) is 6.07 Å². The minimum absolute atomic E-state index is 0.00787. The normalized spacial score (nSPS) is 27.7. The first-order valence-electron chi connectivity index (χ1n) is 7.75. The first kappa shape index (κ1) is 14.1. The average molecular weight is 283 g/mol. The Kier molecular flexibility index (Phi) is 3.94. The third kappa shape index (κ3) is 2.79. The Balaban J connectivity index is 1.70. The van der Waals surface area contributed by atoms with Gasteiger partial charge in [-0.05, 0) is 43.7 Å². The van der Waals surface area contributed by atoms with Gasteiger partial charge in [-0.3, -0.25) is 4.79 Å². The van der Waals surface area contributed by atoms with Gasteiger partial charge in [0.15, 0.2) is 0 Å². The molecule has 1 saturated heterocycles. The van der Waals surface area contributed by atoms with E-state index in [0.29, 0.717) is 23.2 Å². The number of rotatable bonds is 2. The third-order valence-electron chi connectivity index (χ3n) is 4.82. The van der Waals surface area contributed by atoms with Gasteiger partial charge in [-0.1, -0.05) is 25.0 Å². The molecule has 4 nitrogen and oxygen atoms in total. The van der Waals surface area contributed by atoms with E-state index in [9.17, 15) is 10.1 Å². The Hall–Kier alpha value is -1.86. The monoisotopic (exact) mass is 283 g/mol. The van der Waals surface area contributed by atoms with Gasteiger partial charge in [0.1, 0.15) is 6.07 Å². The molecule has 3 unspecified atom stereocenters. The summed E-state index contributed by atoms with van der Waals surface area (Å²) >= 11 is 0. The molecule has 3 atom stereocenters. The number of hydrogen-bond donors (Lipinski definition) is 2. The molecule has 0 radical (unpaired) electrons. The van der Waals surface area contributed by atoms with Gasteiger partial charge < -0.3 is 10.6 Å². The first-order chi connectivity index (χ1) is 10.2. The molecule has 21 heavy (non-hydrogen) atoms. The number of aryl methyl sites for hydroxylation is 1. The number of nitriles is 1. The summed E-state index contributed by atoms with van der Waals surface area (Å²) in [5, 5.41) is 15.6. The van der Waals surface area contributed by atoms with Crippen molar-refractivity contribution in [1.29, 1.82) is 5.26 Å². The zero-order valence-corrected chi connectivity index (χ0v) is 12.4. The maximum absolute atomic E-state index is 12.5. The topological polar surface area (TPSA) is 64.9 Å². The van der Waals surface area contributed by atoms with Crippen LogP contribution in [0.25, 0.3) is 0 Å². The Morgan fingerprint density at radius 3 is 2.95 bits per heavy atom. The van der Waals surface area contributed by atoms with E-state index in [1.54, 1.807) is 6.07 Å². The summed E-state index contributed by atoms with van der Waals surface area (Å²) in [5.41, 5.74) is 2.07. The molecule has 0 aromatic heterocycles. The molecule has 0 bridgehead atoms. The van der Waals surface area contributed by atoms with E-state index in [-0.39, 0.29) is 11.9 Å². The van der Waals surface area contributed by atoms with Crippen molar-refractivity contribution in [3.05, 3.63) is 29.3 Å². The zero-order chi connectivity index (χ0) is 14.8. The van der Waals surface area contributed by atoms with Crippen LogP contribution < -0.4 is 10.6 Å². The van der Waals surface area contributed by atoms with Crippen molar-refractivity contribution in [1.82, 2.24) is 5.32 Å². The Labute approximate surface area is 125 Å². The average Bonchev–Trinajstić information content (AvgIpc) is 2.91. The summed E-state index contributed by atoms with van der Waals surface area (Å²) in [6.07, 6.45) is 5.88. The number of hydrogen-bond acceptors (Lipinski definition) is 3. The van der Waals surface area contributed by atoms with Gasteiger partial charge in [0.05, 0.1) is 17.3 Å². The van der Waals surface area contributed by atoms with Crippen LogP contribution in [-0.4, -0.2) is 18.0 Å². The smallest absolute Gasteiger partial charge is 0.241 e. The van der Waals surface area contributed by atoms with E-state index in [1.165, 1.54) is 25.7 Å². The van der Waals surface area contributed by atoms with Gasteiger partial charge in [0.25, 0.3) is 0 Å². The summed E-state index contributed by atoms with van der Waals surface area (Å²) in [6.45, 7) is 1.89. The molecule has 0 spiro atoms. The first-order valence-corrected chi connectivity index (χ1v) is 7.75. The van der Waals surface area contributed by atoms with Gasteiger partial charge in [-0.2, -0.15) is 5.26 Å². The van der Waals surface area contributed by atoms with Gasteiger partial charge in [-0.15, -0.1) is 0 Å². The van der Waals surface area contributed by atoms with E-state index in [2.05, 4.69) is 16.7 Å². The molecule has 3 rings (SSSR count). The molecule has 2 aliphatic rings. The lowest BCUT2D eigenvalue weighted by Gasteiger charge is -2.24. The molecule has 4 heteroatoms. The van der Waals surface area contributed by atoms with E-state index in [4.69, 9.17) is 0 Å². The second-order valence-corrected chi connectivity index (χ2v) is 6.20. The maximum atomic E-state index is 12.5. The van der Waals surface area contributed by atoms with Crippen LogP contribution in [0.1, 0.15) is 43.2 Å². The molecule has 1 heterocycles. The van der Waals surface area contributed by atoms with Crippen molar-refractivity contribution in [2.24, 2.45) is 5.92 Å². The van der Waals surface area contributed by atoms with Crippen LogP contribution >= 0.6 is 0 Å². The molecular weight excluding hydrogens is 262 g/mol. The summed E-state index contributed by atoms with van der Waals surface area (Å²) in [4.78, 5) is 12.5. The number of nitrogens with zero attached hydrogens (tertiary/aromatic N) is 1. The van der Waals surface area contributed by atoms with Crippen LogP contribution in [0.3, 0.4) is 0 Å². The molecule has 1 saturated carbocycles. The number of amides is 1. The number of nitrogens with one attached hydrogen (secondary N) is 2. The predicted molar refractivity (Wildman–Crippen MR) is 81.8 cm³/mol. The molecule has 110 valence electrons. The largest absolute Gasteiger partial charge is 0.324 e. The highest BCUT2D eigenvalue weighted by Gasteiger charge is 2.38. The minimum Gasteiger partial charge on any atom is -0.324 e. The lowest BCUT2D eigenvalue weighted by Crippen LogP contribution is -2.40. The van der Waals surface area contributed by atoms with Gasteiger partial charge in [-0.25, -0.2) is 0 Å². The van der Waals surface area contributed by atoms with Crippen molar-refractivity contribution >= 4 is 11.6 Å². The fraction of sp³-hybridized carbons (Fsp3) is 0.529. The second-order valence-electron chi connectivity index (χ2n) is 6.20. The van der Waals surface area contributed by atoms with E-state index in [1.807, 2.05) is 19.1 Å². The summed E-state index contributed by atoms with van der Waals surface area (Å²) in [6, 6.07) is 8.11. The summed E-state index contributed by atoms with van der Waals surface area (Å²) in [7, 11) is 0. The maximum Gasteiger partial charge on any atom is 0.241 e. The van der Waals surface area contributed by atoms with Crippen LogP contribution in [0.4, 0.5) is 5.69 Å². The van der Waals surface area contributed by atoms with Crippen LogP contribution in [0.5, 0.6) is 0 Å².